The number of nitrogens with zero attached hydrogens (tertiary/aromatic N) is 1. The lowest BCUT2D eigenvalue weighted by molar-refractivity contribution is -0.130. The Kier molecular flexibility index (Phi) is 7.70. The second-order valence-electron chi connectivity index (χ2n) is 6.93. The van der Waals surface area contributed by atoms with Crippen LogP contribution in [0.25, 0.3) is 0 Å². The van der Waals surface area contributed by atoms with Crippen molar-refractivity contribution < 1.29 is 14.3 Å². The number of rotatable bonds is 10. The van der Waals surface area contributed by atoms with Crippen LogP contribution in [0.4, 0.5) is 0 Å². The minimum atomic E-state index is 0.127. The standard InChI is InChI=1S/C25H27NO3/c1-26(19-21-9-4-2-5-10-21)25(27)13-8-18-28-23-14-16-24(17-15-23)29-20-22-11-6-3-7-12-22/h2-7,9-12,14-17H,8,13,18-20H2,1H3. The highest BCUT2D eigenvalue weighted by Gasteiger charge is 2.09. The first-order valence-electron chi connectivity index (χ1n) is 9.88. The molecule has 1 amide bonds. The van der Waals surface area contributed by atoms with Gasteiger partial charge in [0.15, 0.2) is 0 Å². The van der Waals surface area contributed by atoms with Gasteiger partial charge in [-0.2, -0.15) is 0 Å². The van der Waals surface area contributed by atoms with E-state index in [4.69, 9.17) is 9.47 Å². The van der Waals surface area contributed by atoms with Gasteiger partial charge in [-0.05, 0) is 41.8 Å². The molecule has 0 heterocycles. The summed E-state index contributed by atoms with van der Waals surface area (Å²) in [6.07, 6.45) is 1.16. The van der Waals surface area contributed by atoms with Crippen LogP contribution in [0, 0.1) is 0 Å². The summed E-state index contributed by atoms with van der Waals surface area (Å²) in [4.78, 5) is 14.0. The maximum absolute atomic E-state index is 12.2. The SMILES string of the molecule is CN(Cc1ccccc1)C(=O)CCCOc1ccc(OCc2ccccc2)cc1. The molecule has 0 fully saturated rings. The molecular formula is C25H27NO3. The van der Waals surface area contributed by atoms with Gasteiger partial charge in [-0.3, -0.25) is 4.79 Å². The Hall–Kier alpha value is -3.27. The normalized spacial score (nSPS) is 10.4. The highest BCUT2D eigenvalue weighted by Crippen LogP contribution is 2.19. The first-order chi connectivity index (χ1) is 14.2. The summed E-state index contributed by atoms with van der Waals surface area (Å²) in [5, 5.41) is 0. The number of hydrogen-bond donors (Lipinski definition) is 0. The average Bonchev–Trinajstić information content (AvgIpc) is 2.77. The summed E-state index contributed by atoms with van der Waals surface area (Å²) >= 11 is 0. The molecule has 150 valence electrons. The van der Waals surface area contributed by atoms with E-state index < -0.39 is 0 Å². The lowest BCUT2D eigenvalue weighted by Gasteiger charge is -2.17. The van der Waals surface area contributed by atoms with Gasteiger partial charge in [0.1, 0.15) is 18.1 Å². The molecule has 0 aliphatic carbocycles. The molecule has 0 aliphatic heterocycles. The van der Waals surface area contributed by atoms with Crippen LogP contribution in [0.2, 0.25) is 0 Å². The van der Waals surface area contributed by atoms with Crippen molar-refractivity contribution >= 4 is 5.91 Å². The molecule has 0 N–H and O–H groups in total. The highest BCUT2D eigenvalue weighted by molar-refractivity contribution is 5.75. The lowest BCUT2D eigenvalue weighted by Crippen LogP contribution is -2.26. The van der Waals surface area contributed by atoms with Crippen molar-refractivity contribution in [2.24, 2.45) is 0 Å². The number of benzene rings is 3. The number of amides is 1. The van der Waals surface area contributed by atoms with E-state index in [1.165, 1.54) is 0 Å². The zero-order valence-electron chi connectivity index (χ0n) is 16.8. The molecule has 0 saturated heterocycles. The van der Waals surface area contributed by atoms with Crippen LogP contribution in [0.3, 0.4) is 0 Å². The van der Waals surface area contributed by atoms with Crippen LogP contribution in [-0.4, -0.2) is 24.5 Å². The first kappa shape index (κ1) is 20.5. The van der Waals surface area contributed by atoms with Gasteiger partial charge in [0.25, 0.3) is 0 Å². The number of ether oxygens (including phenoxy) is 2. The third kappa shape index (κ3) is 7.00. The van der Waals surface area contributed by atoms with Crippen LogP contribution < -0.4 is 9.47 Å². The van der Waals surface area contributed by atoms with E-state index in [2.05, 4.69) is 0 Å². The molecule has 3 aromatic rings. The van der Waals surface area contributed by atoms with Crippen LogP contribution in [0.1, 0.15) is 24.0 Å². The fraction of sp³-hybridized carbons (Fsp3) is 0.240. The monoisotopic (exact) mass is 389 g/mol. The second kappa shape index (κ2) is 10.9. The zero-order chi connectivity index (χ0) is 20.3. The molecule has 0 spiro atoms. The van der Waals surface area contributed by atoms with Crippen molar-refractivity contribution in [3.63, 3.8) is 0 Å². The van der Waals surface area contributed by atoms with E-state index >= 15 is 0 Å². The minimum absolute atomic E-state index is 0.127. The van der Waals surface area contributed by atoms with Crippen LogP contribution in [-0.2, 0) is 17.9 Å². The molecule has 3 aromatic carbocycles. The first-order valence-corrected chi connectivity index (χ1v) is 9.88. The molecule has 0 bridgehead atoms. The molecule has 0 radical (unpaired) electrons. The van der Waals surface area contributed by atoms with Gasteiger partial charge in [-0.15, -0.1) is 0 Å². The van der Waals surface area contributed by atoms with Crippen molar-refractivity contribution in [2.75, 3.05) is 13.7 Å². The molecule has 0 saturated carbocycles. The Morgan fingerprint density at radius 2 is 1.31 bits per heavy atom. The topological polar surface area (TPSA) is 38.8 Å². The minimum Gasteiger partial charge on any atom is -0.494 e. The number of hydrogen-bond acceptors (Lipinski definition) is 3. The van der Waals surface area contributed by atoms with Crippen molar-refractivity contribution in [3.05, 3.63) is 96.1 Å². The van der Waals surface area contributed by atoms with Crippen LogP contribution >= 0.6 is 0 Å². The van der Waals surface area contributed by atoms with E-state index in [-0.39, 0.29) is 5.91 Å². The molecule has 4 heteroatoms. The summed E-state index contributed by atoms with van der Waals surface area (Å²) in [7, 11) is 1.84. The van der Waals surface area contributed by atoms with Gasteiger partial charge >= 0.3 is 0 Å². The maximum atomic E-state index is 12.2. The Morgan fingerprint density at radius 3 is 1.93 bits per heavy atom. The second-order valence-corrected chi connectivity index (χ2v) is 6.93. The third-order valence-electron chi connectivity index (χ3n) is 4.56. The Morgan fingerprint density at radius 1 is 0.759 bits per heavy atom. The molecule has 0 unspecified atom stereocenters. The van der Waals surface area contributed by atoms with Crippen LogP contribution in [0.15, 0.2) is 84.9 Å². The quantitative estimate of drug-likeness (QED) is 0.454. The van der Waals surface area contributed by atoms with Crippen molar-refractivity contribution in [3.8, 4) is 11.5 Å². The van der Waals surface area contributed by atoms with E-state index in [0.717, 1.165) is 22.6 Å². The number of carbonyl (C=O) groups excluding carboxylic acids is 1. The van der Waals surface area contributed by atoms with Crippen molar-refractivity contribution in [1.29, 1.82) is 0 Å². The van der Waals surface area contributed by atoms with E-state index in [1.54, 1.807) is 4.90 Å². The smallest absolute Gasteiger partial charge is 0.222 e. The fourth-order valence-corrected chi connectivity index (χ4v) is 2.92. The molecule has 0 aliphatic rings. The predicted octanol–water partition coefficient (Wildman–Crippen LogP) is 5.08. The van der Waals surface area contributed by atoms with Crippen molar-refractivity contribution in [1.82, 2.24) is 4.90 Å². The van der Waals surface area contributed by atoms with Gasteiger partial charge in [-0.1, -0.05) is 60.7 Å². The molecular weight excluding hydrogens is 362 g/mol. The lowest BCUT2D eigenvalue weighted by atomic mass is 10.2. The maximum Gasteiger partial charge on any atom is 0.222 e. The van der Waals surface area contributed by atoms with Gasteiger partial charge in [-0.25, -0.2) is 0 Å². The summed E-state index contributed by atoms with van der Waals surface area (Å²) < 4.78 is 11.5. The number of carbonyl (C=O) groups is 1. The molecule has 3 rings (SSSR count). The third-order valence-corrected chi connectivity index (χ3v) is 4.56. The Balaban J connectivity index is 1.34. The summed E-state index contributed by atoms with van der Waals surface area (Å²) in [5.41, 5.74) is 2.27. The summed E-state index contributed by atoms with van der Waals surface area (Å²) in [6, 6.07) is 27.7. The van der Waals surface area contributed by atoms with Gasteiger partial charge in [0.05, 0.1) is 6.61 Å². The summed E-state index contributed by atoms with van der Waals surface area (Å²) in [5.74, 6) is 1.71. The fourth-order valence-electron chi connectivity index (χ4n) is 2.92. The van der Waals surface area contributed by atoms with E-state index in [1.807, 2.05) is 92.0 Å². The zero-order valence-corrected chi connectivity index (χ0v) is 16.8. The largest absolute Gasteiger partial charge is 0.494 e. The summed E-state index contributed by atoms with van der Waals surface area (Å²) in [6.45, 7) is 1.68. The van der Waals surface area contributed by atoms with E-state index in [0.29, 0.717) is 32.6 Å². The molecule has 0 aromatic heterocycles. The molecule has 0 atom stereocenters. The van der Waals surface area contributed by atoms with Gasteiger partial charge in [0, 0.05) is 20.0 Å². The molecule has 29 heavy (non-hydrogen) atoms. The van der Waals surface area contributed by atoms with Crippen LogP contribution in [0.5, 0.6) is 11.5 Å². The molecule has 4 nitrogen and oxygen atoms in total. The Labute approximate surface area is 172 Å². The predicted molar refractivity (Wildman–Crippen MR) is 115 cm³/mol. The van der Waals surface area contributed by atoms with Crippen molar-refractivity contribution in [2.45, 2.75) is 26.0 Å². The Bertz CT molecular complexity index is 864. The average molecular weight is 389 g/mol. The van der Waals surface area contributed by atoms with E-state index in [9.17, 15) is 4.79 Å². The van der Waals surface area contributed by atoms with Gasteiger partial charge in [0.2, 0.25) is 5.91 Å². The highest BCUT2D eigenvalue weighted by atomic mass is 16.5. The van der Waals surface area contributed by atoms with Gasteiger partial charge < -0.3 is 14.4 Å².